The smallest absolute Gasteiger partial charge is 0.347 e. The van der Waals surface area contributed by atoms with Crippen molar-refractivity contribution in [3.05, 3.63) is 68.3 Å². The molecule has 6 nitrogen and oxygen atoms in total. The lowest BCUT2D eigenvalue weighted by atomic mass is 10.1. The van der Waals surface area contributed by atoms with Gasteiger partial charge in [-0.2, -0.15) is 17.7 Å². The zero-order chi connectivity index (χ0) is 19.1. The van der Waals surface area contributed by atoms with Crippen LogP contribution in [-0.2, 0) is 5.75 Å². The molecule has 4 aromatic rings. The molecule has 0 N–H and O–H groups in total. The summed E-state index contributed by atoms with van der Waals surface area (Å²) in [4.78, 5) is 21.3. The van der Waals surface area contributed by atoms with Crippen LogP contribution in [-0.4, -0.2) is 19.7 Å². The molecule has 0 spiro atoms. The molecule has 0 atom stereocenters. The maximum absolute atomic E-state index is 12.5. The van der Waals surface area contributed by atoms with Crippen molar-refractivity contribution >= 4 is 46.7 Å². The van der Waals surface area contributed by atoms with E-state index in [0.29, 0.717) is 43.9 Å². The Bertz CT molecular complexity index is 1240. The molecule has 3 aromatic heterocycles. The zero-order valence-corrected chi connectivity index (χ0v) is 16.4. The minimum Gasteiger partial charge on any atom is -0.401 e. The minimum absolute atomic E-state index is 0.111. The van der Waals surface area contributed by atoms with Gasteiger partial charge in [-0.15, -0.1) is 0 Å². The largest absolute Gasteiger partial charge is 0.401 e. The number of benzene rings is 1. The number of thiol groups is 1. The number of aryl methyl sites for hydroxylation is 1. The fraction of sp³-hybridized carbons (Fsp3) is 0.111. The van der Waals surface area contributed by atoms with Gasteiger partial charge in [-0.1, -0.05) is 23.2 Å². The van der Waals surface area contributed by atoms with E-state index in [4.69, 9.17) is 27.6 Å². The maximum atomic E-state index is 12.5. The highest BCUT2D eigenvalue weighted by Gasteiger charge is 2.19. The Kier molecular flexibility index (Phi) is 4.67. The fourth-order valence-corrected chi connectivity index (χ4v) is 3.40. The molecule has 0 unspecified atom stereocenters. The molecule has 27 heavy (non-hydrogen) atoms. The van der Waals surface area contributed by atoms with Crippen LogP contribution in [0.5, 0.6) is 0 Å². The van der Waals surface area contributed by atoms with Crippen LogP contribution in [0.4, 0.5) is 0 Å². The van der Waals surface area contributed by atoms with E-state index in [9.17, 15) is 4.79 Å². The molecule has 0 bridgehead atoms. The first-order chi connectivity index (χ1) is 13.0. The molecule has 0 aliphatic heterocycles. The van der Waals surface area contributed by atoms with Gasteiger partial charge in [-0.05, 0) is 42.8 Å². The Balaban J connectivity index is 2.01. The molecule has 0 saturated heterocycles. The minimum atomic E-state index is -0.534. The normalized spacial score (nSPS) is 11.3. The van der Waals surface area contributed by atoms with E-state index < -0.39 is 5.63 Å². The van der Waals surface area contributed by atoms with Gasteiger partial charge in [0.05, 0.1) is 21.6 Å². The molecular formula is C18H12Cl2N4O2S. The third-order valence-corrected chi connectivity index (χ3v) is 4.81. The van der Waals surface area contributed by atoms with Crippen LogP contribution in [0, 0.1) is 6.92 Å². The molecule has 0 amide bonds. The van der Waals surface area contributed by atoms with Crippen LogP contribution < -0.4 is 5.63 Å². The van der Waals surface area contributed by atoms with Crippen LogP contribution in [0.1, 0.15) is 11.3 Å². The van der Waals surface area contributed by atoms with Gasteiger partial charge in [0.2, 0.25) is 5.89 Å². The van der Waals surface area contributed by atoms with E-state index in [1.165, 1.54) is 4.68 Å². The molecule has 9 heteroatoms. The van der Waals surface area contributed by atoms with Crippen molar-refractivity contribution in [2.75, 3.05) is 0 Å². The number of fused-ring (bicyclic) bond motifs is 1. The molecular weight excluding hydrogens is 407 g/mol. The molecule has 0 fully saturated rings. The molecule has 0 aliphatic rings. The first kappa shape index (κ1) is 18.0. The maximum Gasteiger partial charge on any atom is 0.347 e. The summed E-state index contributed by atoms with van der Waals surface area (Å²) in [7, 11) is 0. The summed E-state index contributed by atoms with van der Waals surface area (Å²) in [5, 5.41) is 5.62. The summed E-state index contributed by atoms with van der Waals surface area (Å²) in [6.45, 7) is 1.83. The molecule has 1 aromatic carbocycles. The number of pyridine rings is 1. The average Bonchev–Trinajstić information content (AvgIpc) is 3.07. The Labute approximate surface area is 169 Å². The van der Waals surface area contributed by atoms with E-state index in [-0.39, 0.29) is 5.89 Å². The summed E-state index contributed by atoms with van der Waals surface area (Å²) >= 11 is 16.6. The number of halogens is 2. The van der Waals surface area contributed by atoms with Gasteiger partial charge in [0.25, 0.3) is 0 Å². The summed E-state index contributed by atoms with van der Waals surface area (Å²) in [6.07, 6.45) is 1.60. The average molecular weight is 419 g/mol. The Morgan fingerprint density at radius 3 is 2.81 bits per heavy atom. The number of hydrogen-bond donors (Lipinski definition) is 1. The second-order valence-corrected chi connectivity index (χ2v) is 6.98. The number of aromatic nitrogens is 4. The monoisotopic (exact) mass is 418 g/mol. The van der Waals surface area contributed by atoms with Gasteiger partial charge in [0.1, 0.15) is 5.69 Å². The van der Waals surface area contributed by atoms with Crippen molar-refractivity contribution in [2.45, 2.75) is 12.7 Å². The van der Waals surface area contributed by atoms with Crippen LogP contribution in [0.3, 0.4) is 0 Å². The van der Waals surface area contributed by atoms with E-state index in [1.54, 1.807) is 36.5 Å². The highest BCUT2D eigenvalue weighted by atomic mass is 35.5. The van der Waals surface area contributed by atoms with Crippen molar-refractivity contribution in [2.24, 2.45) is 0 Å². The van der Waals surface area contributed by atoms with Crippen molar-refractivity contribution < 1.29 is 4.42 Å². The van der Waals surface area contributed by atoms with Gasteiger partial charge in [-0.25, -0.2) is 19.4 Å². The Morgan fingerprint density at radius 1 is 1.26 bits per heavy atom. The van der Waals surface area contributed by atoms with Crippen molar-refractivity contribution in [1.29, 1.82) is 0 Å². The predicted molar refractivity (Wildman–Crippen MR) is 108 cm³/mol. The van der Waals surface area contributed by atoms with E-state index >= 15 is 0 Å². The first-order valence-electron chi connectivity index (χ1n) is 7.90. The van der Waals surface area contributed by atoms with Crippen LogP contribution in [0.15, 0.2) is 45.7 Å². The lowest BCUT2D eigenvalue weighted by molar-refractivity contribution is 0.513. The lowest BCUT2D eigenvalue weighted by Crippen LogP contribution is -2.08. The molecule has 0 radical (unpaired) electrons. The molecule has 4 rings (SSSR count). The highest BCUT2D eigenvalue weighted by molar-refractivity contribution is 7.79. The Hall–Kier alpha value is -2.35. The van der Waals surface area contributed by atoms with Gasteiger partial charge >= 0.3 is 5.63 Å². The van der Waals surface area contributed by atoms with Gasteiger partial charge < -0.3 is 4.42 Å². The first-order valence-corrected chi connectivity index (χ1v) is 9.29. The van der Waals surface area contributed by atoms with Gasteiger partial charge in [-0.3, -0.25) is 0 Å². The quantitative estimate of drug-likeness (QED) is 0.496. The second-order valence-electron chi connectivity index (χ2n) is 5.82. The van der Waals surface area contributed by atoms with Crippen LogP contribution >= 0.6 is 35.8 Å². The third-order valence-electron chi connectivity index (χ3n) is 3.97. The molecule has 3 heterocycles. The molecule has 136 valence electrons. The van der Waals surface area contributed by atoms with Crippen molar-refractivity contribution in [3.63, 3.8) is 0 Å². The topological polar surface area (TPSA) is 73.8 Å². The van der Waals surface area contributed by atoms with Gasteiger partial charge in [0.15, 0.2) is 5.82 Å². The second kappa shape index (κ2) is 6.99. The summed E-state index contributed by atoms with van der Waals surface area (Å²) < 4.78 is 6.96. The van der Waals surface area contributed by atoms with Crippen LogP contribution in [0.25, 0.3) is 28.3 Å². The van der Waals surface area contributed by atoms with E-state index in [2.05, 4.69) is 27.7 Å². The zero-order valence-electron chi connectivity index (χ0n) is 14.0. The van der Waals surface area contributed by atoms with Gasteiger partial charge in [0, 0.05) is 17.0 Å². The van der Waals surface area contributed by atoms with Crippen LogP contribution in [0.2, 0.25) is 10.0 Å². The number of hydrogen-bond acceptors (Lipinski definition) is 6. The highest BCUT2D eigenvalue weighted by Crippen LogP contribution is 2.28. The summed E-state index contributed by atoms with van der Waals surface area (Å²) in [5.41, 5.74) is 1.86. The Morgan fingerprint density at radius 2 is 2.07 bits per heavy atom. The molecule has 0 saturated carbocycles. The van der Waals surface area contributed by atoms with E-state index in [1.807, 2.05) is 6.92 Å². The number of rotatable bonds is 3. The standard InChI is InChI=1S/C18H12Cl2N4O2S/c1-9-5-10(19)6-12-15(9)22-17(26-18(12)25)14-7-11(8-27)23-24(14)16-13(20)3-2-4-21-16/h2-7,27H,8H2,1H3. The third kappa shape index (κ3) is 3.22. The van der Waals surface area contributed by atoms with E-state index in [0.717, 1.165) is 5.56 Å². The summed E-state index contributed by atoms with van der Waals surface area (Å²) in [6, 6.07) is 8.44. The van der Waals surface area contributed by atoms with Crippen molar-refractivity contribution in [3.8, 4) is 17.4 Å². The predicted octanol–water partition coefficient (Wildman–Crippen LogP) is 4.48. The lowest BCUT2D eigenvalue weighted by Gasteiger charge is -2.08. The SMILES string of the molecule is Cc1cc(Cl)cc2c(=O)oc(-c3cc(CS)nn3-c3ncccc3Cl)nc12. The fourth-order valence-electron chi connectivity index (χ4n) is 2.77. The summed E-state index contributed by atoms with van der Waals surface area (Å²) in [5.74, 6) is 0.899. The van der Waals surface area contributed by atoms with Crippen molar-refractivity contribution in [1.82, 2.24) is 19.7 Å². The molecule has 0 aliphatic carbocycles. The number of nitrogens with zero attached hydrogens (tertiary/aromatic N) is 4.